The minimum atomic E-state index is -0.110. The highest BCUT2D eigenvalue weighted by molar-refractivity contribution is 7.17. The monoisotopic (exact) mass is 436 g/mol. The van der Waals surface area contributed by atoms with Crippen molar-refractivity contribution in [2.24, 2.45) is 5.92 Å². The fourth-order valence-electron chi connectivity index (χ4n) is 4.78. The van der Waals surface area contributed by atoms with Crippen molar-refractivity contribution in [2.75, 3.05) is 18.0 Å². The Morgan fingerprint density at radius 3 is 2.71 bits per heavy atom. The molecule has 1 saturated heterocycles. The summed E-state index contributed by atoms with van der Waals surface area (Å²) < 4.78 is 0.645. The summed E-state index contributed by atoms with van der Waals surface area (Å²) in [6, 6.07) is 8.63. The molecule has 2 aliphatic rings. The van der Waals surface area contributed by atoms with E-state index in [9.17, 15) is 9.59 Å². The van der Waals surface area contributed by atoms with Crippen LogP contribution < -0.4 is 15.8 Å². The van der Waals surface area contributed by atoms with Gasteiger partial charge in [-0.2, -0.15) is 0 Å². The average Bonchev–Trinajstić information content (AvgIpc) is 3.44. The quantitative estimate of drug-likeness (QED) is 0.641. The summed E-state index contributed by atoms with van der Waals surface area (Å²) in [5, 5.41) is 5.25. The van der Waals surface area contributed by atoms with Crippen LogP contribution in [-0.4, -0.2) is 35.0 Å². The van der Waals surface area contributed by atoms with Gasteiger partial charge in [0.1, 0.15) is 4.70 Å². The van der Waals surface area contributed by atoms with Gasteiger partial charge in [-0.15, -0.1) is 11.3 Å². The third-order valence-corrected chi connectivity index (χ3v) is 7.54. The second-order valence-corrected chi connectivity index (χ2v) is 9.74. The van der Waals surface area contributed by atoms with Crippen molar-refractivity contribution in [1.29, 1.82) is 0 Å². The Balaban J connectivity index is 1.41. The summed E-state index contributed by atoms with van der Waals surface area (Å²) in [5.41, 5.74) is 3.88. The molecule has 2 fully saturated rings. The van der Waals surface area contributed by atoms with Crippen LogP contribution in [0.4, 0.5) is 5.95 Å². The zero-order chi connectivity index (χ0) is 21.4. The summed E-state index contributed by atoms with van der Waals surface area (Å²) in [7, 11) is 0. The lowest BCUT2D eigenvalue weighted by Crippen LogP contribution is -2.46. The SMILES string of the molecule is Cc1ccc(-c2csc3c(=O)[nH]c(N4CCC[C@@H](C(=O)NC5CCCC5)C4)nc23)cc1. The number of hydrogen-bond acceptors (Lipinski definition) is 5. The molecule has 6 nitrogen and oxygen atoms in total. The lowest BCUT2D eigenvalue weighted by Gasteiger charge is -2.33. The van der Waals surface area contributed by atoms with Gasteiger partial charge in [-0.1, -0.05) is 42.7 Å². The number of carbonyl (C=O) groups is 1. The summed E-state index contributed by atoms with van der Waals surface area (Å²) in [5.74, 6) is 0.660. The first-order chi connectivity index (χ1) is 15.1. The molecule has 1 amide bonds. The Bertz CT molecular complexity index is 1140. The van der Waals surface area contributed by atoms with Crippen LogP contribution in [0.5, 0.6) is 0 Å². The third kappa shape index (κ3) is 4.11. The van der Waals surface area contributed by atoms with Gasteiger partial charge in [-0.3, -0.25) is 14.6 Å². The lowest BCUT2D eigenvalue weighted by atomic mass is 9.97. The highest BCUT2D eigenvalue weighted by Gasteiger charge is 2.29. The topological polar surface area (TPSA) is 78.1 Å². The van der Waals surface area contributed by atoms with Crippen molar-refractivity contribution in [1.82, 2.24) is 15.3 Å². The number of fused-ring (bicyclic) bond motifs is 1. The zero-order valence-corrected chi connectivity index (χ0v) is 18.6. The molecule has 0 spiro atoms. The number of hydrogen-bond donors (Lipinski definition) is 2. The highest BCUT2D eigenvalue weighted by atomic mass is 32.1. The van der Waals surface area contributed by atoms with Gasteiger partial charge in [0.05, 0.1) is 11.4 Å². The Kier molecular flexibility index (Phi) is 5.52. The number of amides is 1. The molecular weight excluding hydrogens is 408 g/mol. The van der Waals surface area contributed by atoms with Gasteiger partial charge in [0.15, 0.2) is 0 Å². The summed E-state index contributed by atoms with van der Waals surface area (Å²) in [6.07, 6.45) is 6.39. The number of benzene rings is 1. The molecule has 5 rings (SSSR count). The molecule has 1 atom stereocenters. The number of aromatic amines is 1. The smallest absolute Gasteiger partial charge is 0.270 e. The Morgan fingerprint density at radius 2 is 1.94 bits per heavy atom. The van der Waals surface area contributed by atoms with Crippen molar-refractivity contribution in [3.8, 4) is 11.1 Å². The molecule has 1 aromatic carbocycles. The number of anilines is 1. The van der Waals surface area contributed by atoms with E-state index < -0.39 is 0 Å². The summed E-state index contributed by atoms with van der Waals surface area (Å²) in [6.45, 7) is 3.45. The normalized spacial score (nSPS) is 19.8. The van der Waals surface area contributed by atoms with Crippen LogP contribution in [0, 0.1) is 12.8 Å². The largest absolute Gasteiger partial charge is 0.353 e. The average molecular weight is 437 g/mol. The fourth-order valence-corrected chi connectivity index (χ4v) is 5.69. The molecule has 2 aromatic heterocycles. The molecule has 2 N–H and O–H groups in total. The molecule has 3 heterocycles. The fraction of sp³-hybridized carbons (Fsp3) is 0.458. The Labute approximate surface area is 185 Å². The maximum Gasteiger partial charge on any atom is 0.270 e. The standard InChI is InChI=1S/C24H28N4O2S/c1-15-8-10-16(11-9-15)19-14-31-21-20(19)26-24(27-23(21)30)28-12-4-5-17(13-28)22(29)25-18-6-2-3-7-18/h8-11,14,17-18H,2-7,12-13H2,1H3,(H,25,29)(H,26,27,30)/t17-/m1/s1. The van der Waals surface area contributed by atoms with E-state index >= 15 is 0 Å². The number of carbonyl (C=O) groups excluding carboxylic acids is 1. The van der Waals surface area contributed by atoms with Crippen molar-refractivity contribution in [3.05, 3.63) is 45.6 Å². The van der Waals surface area contributed by atoms with E-state index in [1.165, 1.54) is 29.7 Å². The van der Waals surface area contributed by atoms with Gasteiger partial charge in [0, 0.05) is 30.1 Å². The first-order valence-corrected chi connectivity index (χ1v) is 12.1. The predicted molar refractivity (Wildman–Crippen MR) is 126 cm³/mol. The molecule has 3 aromatic rings. The van der Waals surface area contributed by atoms with E-state index in [-0.39, 0.29) is 17.4 Å². The van der Waals surface area contributed by atoms with Crippen LogP contribution in [-0.2, 0) is 4.79 Å². The van der Waals surface area contributed by atoms with Gasteiger partial charge in [0.2, 0.25) is 11.9 Å². The molecule has 0 radical (unpaired) electrons. The van der Waals surface area contributed by atoms with Crippen molar-refractivity contribution >= 4 is 33.4 Å². The maximum absolute atomic E-state index is 12.8. The minimum Gasteiger partial charge on any atom is -0.353 e. The van der Waals surface area contributed by atoms with E-state index in [1.54, 1.807) is 0 Å². The first-order valence-electron chi connectivity index (χ1n) is 11.2. The molecule has 1 aliphatic heterocycles. The van der Waals surface area contributed by atoms with Gasteiger partial charge >= 0.3 is 0 Å². The van der Waals surface area contributed by atoms with E-state index in [1.807, 2.05) is 5.38 Å². The second kappa shape index (κ2) is 8.46. The Morgan fingerprint density at radius 1 is 1.16 bits per heavy atom. The summed E-state index contributed by atoms with van der Waals surface area (Å²) in [4.78, 5) is 35.5. The van der Waals surface area contributed by atoms with Crippen LogP contribution in [0.3, 0.4) is 0 Å². The number of aryl methyl sites for hydroxylation is 1. The number of rotatable bonds is 4. The number of H-pyrrole nitrogens is 1. The van der Waals surface area contributed by atoms with Gasteiger partial charge in [-0.05, 0) is 38.2 Å². The van der Waals surface area contributed by atoms with Crippen LogP contribution in [0.25, 0.3) is 21.3 Å². The number of nitrogens with one attached hydrogen (secondary N) is 2. The van der Waals surface area contributed by atoms with E-state index in [4.69, 9.17) is 4.98 Å². The lowest BCUT2D eigenvalue weighted by molar-refractivity contribution is -0.125. The molecule has 31 heavy (non-hydrogen) atoms. The first kappa shape index (κ1) is 20.2. The number of nitrogens with zero attached hydrogens (tertiary/aromatic N) is 2. The summed E-state index contributed by atoms with van der Waals surface area (Å²) >= 11 is 1.43. The molecule has 1 saturated carbocycles. The molecule has 162 valence electrons. The van der Waals surface area contributed by atoms with Crippen LogP contribution in [0.2, 0.25) is 0 Å². The van der Waals surface area contributed by atoms with Gasteiger partial charge < -0.3 is 10.2 Å². The molecule has 7 heteroatoms. The van der Waals surface area contributed by atoms with E-state index in [0.717, 1.165) is 48.9 Å². The van der Waals surface area contributed by atoms with Gasteiger partial charge in [-0.25, -0.2) is 4.98 Å². The van der Waals surface area contributed by atoms with Crippen LogP contribution >= 0.6 is 11.3 Å². The van der Waals surface area contributed by atoms with Crippen molar-refractivity contribution < 1.29 is 4.79 Å². The Hall–Kier alpha value is -2.67. The molecule has 0 bridgehead atoms. The molecule has 0 unspecified atom stereocenters. The minimum absolute atomic E-state index is 0.0607. The number of piperidine rings is 1. The number of thiophene rings is 1. The second-order valence-electron chi connectivity index (χ2n) is 8.86. The third-order valence-electron chi connectivity index (χ3n) is 6.57. The van der Waals surface area contributed by atoms with Crippen LogP contribution in [0.15, 0.2) is 34.4 Å². The zero-order valence-electron chi connectivity index (χ0n) is 17.8. The molecular formula is C24H28N4O2S. The van der Waals surface area contributed by atoms with Crippen LogP contribution in [0.1, 0.15) is 44.1 Å². The van der Waals surface area contributed by atoms with Gasteiger partial charge in [0.25, 0.3) is 5.56 Å². The highest BCUT2D eigenvalue weighted by Crippen LogP contribution is 2.32. The van der Waals surface area contributed by atoms with Crippen molar-refractivity contribution in [3.63, 3.8) is 0 Å². The predicted octanol–water partition coefficient (Wildman–Crippen LogP) is 4.24. The maximum atomic E-state index is 12.8. The molecule has 1 aliphatic carbocycles. The van der Waals surface area contributed by atoms with E-state index in [0.29, 0.717) is 23.2 Å². The number of aromatic nitrogens is 2. The van der Waals surface area contributed by atoms with E-state index in [2.05, 4.69) is 46.4 Å². The van der Waals surface area contributed by atoms with Crippen molar-refractivity contribution in [2.45, 2.75) is 51.5 Å².